The minimum atomic E-state index is -3.88. The van der Waals surface area contributed by atoms with Gasteiger partial charge in [-0.25, -0.2) is 19.2 Å². The highest BCUT2D eigenvalue weighted by Crippen LogP contribution is 2.28. The number of nitrogens with one attached hydrogen (secondary N) is 1. The number of hydrogen-bond acceptors (Lipinski definition) is 6. The first-order valence-electron chi connectivity index (χ1n) is 6.61. The minimum absolute atomic E-state index is 0.0327. The predicted molar refractivity (Wildman–Crippen MR) is 75.8 cm³/mol. The molecule has 0 atom stereocenters. The number of aromatic nitrogens is 1. The summed E-state index contributed by atoms with van der Waals surface area (Å²) in [6.45, 7) is -0.538. The first-order valence-corrected chi connectivity index (χ1v) is 8.05. The third kappa shape index (κ3) is 3.49. The van der Waals surface area contributed by atoms with Gasteiger partial charge in [0.25, 0.3) is 0 Å². The molecule has 1 aliphatic rings. The highest BCUT2D eigenvalue weighted by molar-refractivity contribution is 7.89. The zero-order chi connectivity index (χ0) is 15.5. The molecule has 1 aromatic rings. The Morgan fingerprint density at radius 3 is 2.57 bits per heavy atom. The van der Waals surface area contributed by atoms with Crippen molar-refractivity contribution in [1.82, 2.24) is 9.29 Å². The number of carboxylic acids is 1. The molecule has 21 heavy (non-hydrogen) atoms. The first-order chi connectivity index (χ1) is 9.95. The lowest BCUT2D eigenvalue weighted by Crippen LogP contribution is -2.42. The van der Waals surface area contributed by atoms with Gasteiger partial charge in [0.2, 0.25) is 10.0 Å². The second kappa shape index (κ2) is 6.37. The van der Waals surface area contributed by atoms with Gasteiger partial charge in [0.05, 0.1) is 0 Å². The maximum absolute atomic E-state index is 12.6. The number of aliphatic carboxylic acids is 1. The number of carboxylic acid groups (broad SMARTS) is 1. The van der Waals surface area contributed by atoms with Crippen molar-refractivity contribution in [3.8, 4) is 0 Å². The van der Waals surface area contributed by atoms with Crippen LogP contribution in [0.15, 0.2) is 23.2 Å². The highest BCUT2D eigenvalue weighted by Gasteiger charge is 2.34. The summed E-state index contributed by atoms with van der Waals surface area (Å²) in [5.41, 5.74) is 2.31. The molecule has 1 heterocycles. The summed E-state index contributed by atoms with van der Waals surface area (Å²) in [7, 11) is -3.88. The Morgan fingerprint density at radius 1 is 1.43 bits per heavy atom. The Hall–Kier alpha value is -1.71. The molecular weight excluding hydrogens is 296 g/mol. The number of carbonyl (C=O) groups is 1. The van der Waals surface area contributed by atoms with E-state index in [-0.39, 0.29) is 10.9 Å². The van der Waals surface area contributed by atoms with Crippen molar-refractivity contribution in [2.24, 2.45) is 5.84 Å². The molecule has 1 aliphatic carbocycles. The van der Waals surface area contributed by atoms with Crippen LogP contribution in [-0.2, 0) is 14.8 Å². The molecular formula is C12H18N4O4S. The quantitative estimate of drug-likeness (QED) is 0.512. The molecule has 1 saturated carbocycles. The van der Waals surface area contributed by atoms with Gasteiger partial charge in [-0.1, -0.05) is 12.8 Å². The minimum Gasteiger partial charge on any atom is -0.480 e. The standard InChI is InChI=1S/C12H18N4O4S/c13-15-11-6-5-10(7-14-11)21(19,20)16(8-12(17)18)9-3-1-2-4-9/h5-7,9H,1-4,8,13H2,(H,14,15)(H,17,18). The number of sulfonamides is 1. The molecule has 1 fully saturated rings. The van der Waals surface area contributed by atoms with Crippen LogP contribution in [0.2, 0.25) is 0 Å². The largest absolute Gasteiger partial charge is 0.480 e. The highest BCUT2D eigenvalue weighted by atomic mass is 32.2. The van der Waals surface area contributed by atoms with Crippen molar-refractivity contribution in [3.63, 3.8) is 0 Å². The van der Waals surface area contributed by atoms with Gasteiger partial charge in [-0.3, -0.25) is 4.79 Å². The van der Waals surface area contributed by atoms with Crippen LogP contribution in [0, 0.1) is 0 Å². The fraction of sp³-hybridized carbons (Fsp3) is 0.500. The molecule has 0 aromatic carbocycles. The molecule has 4 N–H and O–H groups in total. The van der Waals surface area contributed by atoms with Crippen LogP contribution in [0.4, 0.5) is 5.82 Å². The van der Waals surface area contributed by atoms with E-state index in [4.69, 9.17) is 10.9 Å². The van der Waals surface area contributed by atoms with Crippen LogP contribution < -0.4 is 11.3 Å². The van der Waals surface area contributed by atoms with E-state index in [2.05, 4.69) is 10.4 Å². The van der Waals surface area contributed by atoms with Crippen molar-refractivity contribution >= 4 is 21.8 Å². The fourth-order valence-corrected chi connectivity index (χ4v) is 4.07. The predicted octanol–water partition coefficient (Wildman–Crippen LogP) is 0.385. The number of anilines is 1. The van der Waals surface area contributed by atoms with Crippen molar-refractivity contribution in [1.29, 1.82) is 0 Å². The first kappa shape index (κ1) is 15.7. The fourth-order valence-electron chi connectivity index (χ4n) is 2.49. The summed E-state index contributed by atoms with van der Waals surface area (Å²) in [4.78, 5) is 14.8. The third-order valence-corrected chi connectivity index (χ3v) is 5.40. The van der Waals surface area contributed by atoms with Crippen LogP contribution in [0.1, 0.15) is 25.7 Å². The Morgan fingerprint density at radius 2 is 2.10 bits per heavy atom. The molecule has 0 amide bonds. The number of hydrazine groups is 1. The van der Waals surface area contributed by atoms with E-state index in [0.717, 1.165) is 17.1 Å². The van der Waals surface area contributed by atoms with Gasteiger partial charge in [0, 0.05) is 12.2 Å². The molecule has 0 radical (unpaired) electrons. The number of pyridine rings is 1. The molecule has 0 unspecified atom stereocenters. The summed E-state index contributed by atoms with van der Waals surface area (Å²) in [5.74, 6) is 4.35. The smallest absolute Gasteiger partial charge is 0.318 e. The van der Waals surface area contributed by atoms with Crippen molar-refractivity contribution in [2.75, 3.05) is 12.0 Å². The van der Waals surface area contributed by atoms with Gasteiger partial charge >= 0.3 is 5.97 Å². The normalized spacial score (nSPS) is 16.3. The SMILES string of the molecule is NNc1ccc(S(=O)(=O)N(CC(=O)O)C2CCCC2)cn1. The van der Waals surface area contributed by atoms with E-state index >= 15 is 0 Å². The monoisotopic (exact) mass is 314 g/mol. The van der Waals surface area contributed by atoms with Gasteiger partial charge in [-0.15, -0.1) is 0 Å². The molecule has 0 bridgehead atoms. The van der Waals surface area contributed by atoms with Crippen molar-refractivity contribution in [2.45, 2.75) is 36.6 Å². The van der Waals surface area contributed by atoms with Gasteiger partial charge < -0.3 is 10.5 Å². The third-order valence-electron chi connectivity index (χ3n) is 3.51. The molecule has 9 heteroatoms. The average molecular weight is 314 g/mol. The number of nitrogens with zero attached hydrogens (tertiary/aromatic N) is 2. The summed E-state index contributed by atoms with van der Waals surface area (Å²) in [6.07, 6.45) is 4.36. The van der Waals surface area contributed by atoms with Crippen LogP contribution in [0.3, 0.4) is 0 Å². The molecule has 0 spiro atoms. The van der Waals surface area contributed by atoms with E-state index in [1.165, 1.54) is 18.3 Å². The van der Waals surface area contributed by atoms with Gasteiger partial charge in [0.15, 0.2) is 0 Å². The second-order valence-electron chi connectivity index (χ2n) is 4.91. The molecule has 0 saturated heterocycles. The topological polar surface area (TPSA) is 126 Å². The van der Waals surface area contributed by atoms with Crippen LogP contribution >= 0.6 is 0 Å². The van der Waals surface area contributed by atoms with Gasteiger partial charge in [0.1, 0.15) is 17.3 Å². The lowest BCUT2D eigenvalue weighted by molar-refractivity contribution is -0.137. The van der Waals surface area contributed by atoms with Crippen LogP contribution in [-0.4, -0.2) is 41.4 Å². The van der Waals surface area contributed by atoms with Crippen molar-refractivity contribution in [3.05, 3.63) is 18.3 Å². The van der Waals surface area contributed by atoms with E-state index in [1.54, 1.807) is 0 Å². The maximum atomic E-state index is 12.6. The Bertz CT molecular complexity index is 596. The Labute approximate surface area is 123 Å². The lowest BCUT2D eigenvalue weighted by atomic mass is 10.2. The number of rotatable bonds is 6. The summed E-state index contributed by atoms with van der Waals surface area (Å²) in [5, 5.41) is 8.99. The second-order valence-corrected chi connectivity index (χ2v) is 6.80. The summed E-state index contributed by atoms with van der Waals surface area (Å²) < 4.78 is 26.3. The number of nitrogens with two attached hydrogens (primary N) is 1. The van der Waals surface area contributed by atoms with Gasteiger partial charge in [-0.2, -0.15) is 4.31 Å². The maximum Gasteiger partial charge on any atom is 0.318 e. The molecule has 2 rings (SSSR count). The number of nitrogen functional groups attached to an aromatic ring is 1. The van der Waals surface area contributed by atoms with Crippen LogP contribution in [0.25, 0.3) is 0 Å². The number of hydrogen-bond donors (Lipinski definition) is 3. The van der Waals surface area contributed by atoms with Crippen LogP contribution in [0.5, 0.6) is 0 Å². The zero-order valence-corrected chi connectivity index (χ0v) is 12.2. The Balaban J connectivity index is 2.32. The zero-order valence-electron chi connectivity index (χ0n) is 11.4. The lowest BCUT2D eigenvalue weighted by Gasteiger charge is -2.26. The average Bonchev–Trinajstić information content (AvgIpc) is 2.98. The summed E-state index contributed by atoms with van der Waals surface area (Å²) >= 11 is 0. The summed E-state index contributed by atoms with van der Waals surface area (Å²) in [6, 6.07) is 2.53. The van der Waals surface area contributed by atoms with E-state index in [1.807, 2.05) is 0 Å². The molecule has 8 nitrogen and oxygen atoms in total. The molecule has 1 aromatic heterocycles. The van der Waals surface area contributed by atoms with Gasteiger partial charge in [-0.05, 0) is 25.0 Å². The molecule has 116 valence electrons. The Kier molecular flexibility index (Phi) is 4.76. The van der Waals surface area contributed by atoms with E-state index < -0.39 is 22.5 Å². The van der Waals surface area contributed by atoms with Crippen molar-refractivity contribution < 1.29 is 18.3 Å². The van der Waals surface area contributed by atoms with E-state index in [9.17, 15) is 13.2 Å². The molecule has 0 aliphatic heterocycles. The van der Waals surface area contributed by atoms with E-state index in [0.29, 0.717) is 18.7 Å².